The number of hydrogen-bond acceptors (Lipinski definition) is 6. The summed E-state index contributed by atoms with van der Waals surface area (Å²) in [6.45, 7) is -0.350. The minimum absolute atomic E-state index is 0.0916. The Kier molecular flexibility index (Phi) is 5.87. The fraction of sp³-hybridized carbons (Fsp3) is 0.105. The van der Waals surface area contributed by atoms with Gasteiger partial charge in [-0.1, -0.05) is 23.2 Å². The van der Waals surface area contributed by atoms with Crippen molar-refractivity contribution in [1.82, 2.24) is 0 Å². The number of rotatable bonds is 6. The van der Waals surface area contributed by atoms with Crippen LogP contribution in [0, 0.1) is 0 Å². The smallest absolute Gasteiger partial charge is 0.363 e. The number of methoxy groups -OCH3 is 1. The van der Waals surface area contributed by atoms with E-state index in [2.05, 4.69) is 4.99 Å². The zero-order valence-electron chi connectivity index (χ0n) is 14.6. The summed E-state index contributed by atoms with van der Waals surface area (Å²) in [6.07, 6.45) is 1.50. The number of cyclic esters (lactones) is 1. The molecule has 28 heavy (non-hydrogen) atoms. The lowest BCUT2D eigenvalue weighted by atomic mass is 10.1. The third-order valence-electron chi connectivity index (χ3n) is 3.63. The van der Waals surface area contributed by atoms with Gasteiger partial charge >= 0.3 is 5.97 Å². The van der Waals surface area contributed by atoms with Gasteiger partial charge in [-0.2, -0.15) is 0 Å². The third-order valence-corrected chi connectivity index (χ3v) is 4.16. The number of ether oxygens (including phenoxy) is 3. The molecule has 1 aliphatic heterocycles. The molecule has 0 saturated carbocycles. The van der Waals surface area contributed by atoms with Crippen LogP contribution in [0.3, 0.4) is 0 Å². The number of hydrogen-bond donors (Lipinski definition) is 1. The van der Waals surface area contributed by atoms with Crippen molar-refractivity contribution in [3.05, 3.63) is 63.3 Å². The molecule has 3 rings (SSSR count). The molecule has 1 aliphatic rings. The van der Waals surface area contributed by atoms with Crippen molar-refractivity contribution in [3.8, 4) is 11.5 Å². The molecule has 2 aromatic rings. The molecule has 7 nitrogen and oxygen atoms in total. The van der Waals surface area contributed by atoms with Crippen molar-refractivity contribution in [2.75, 3.05) is 13.7 Å². The molecule has 0 radical (unpaired) electrons. The number of aliphatic imine (C=N–C) groups is 1. The molecule has 0 fully saturated rings. The Morgan fingerprint density at radius 2 is 1.96 bits per heavy atom. The maximum absolute atomic E-state index is 12.1. The number of nitrogens with two attached hydrogens (primary N) is 1. The molecule has 0 saturated heterocycles. The van der Waals surface area contributed by atoms with Crippen LogP contribution in [0.4, 0.5) is 0 Å². The molecule has 0 aliphatic carbocycles. The molecule has 144 valence electrons. The van der Waals surface area contributed by atoms with E-state index in [9.17, 15) is 9.59 Å². The molecule has 0 spiro atoms. The molecule has 2 N–H and O–H groups in total. The van der Waals surface area contributed by atoms with E-state index in [-0.39, 0.29) is 34.7 Å². The van der Waals surface area contributed by atoms with E-state index in [1.54, 1.807) is 30.3 Å². The highest BCUT2D eigenvalue weighted by Crippen LogP contribution is 2.37. The van der Waals surface area contributed by atoms with Gasteiger partial charge in [-0.05, 0) is 48.0 Å². The Balaban J connectivity index is 1.91. The van der Waals surface area contributed by atoms with Gasteiger partial charge in [-0.3, -0.25) is 4.79 Å². The van der Waals surface area contributed by atoms with Gasteiger partial charge in [0.2, 0.25) is 5.90 Å². The Bertz CT molecular complexity index is 1000. The van der Waals surface area contributed by atoms with E-state index in [1.165, 1.54) is 19.3 Å². The van der Waals surface area contributed by atoms with Gasteiger partial charge in [0.1, 0.15) is 0 Å². The largest absolute Gasteiger partial charge is 0.493 e. The first-order valence-electron chi connectivity index (χ1n) is 7.94. The van der Waals surface area contributed by atoms with Crippen molar-refractivity contribution >= 4 is 47.1 Å². The molecule has 1 amide bonds. The minimum atomic E-state index is -0.651. The van der Waals surface area contributed by atoms with Gasteiger partial charge in [-0.25, -0.2) is 9.79 Å². The van der Waals surface area contributed by atoms with Crippen molar-refractivity contribution in [1.29, 1.82) is 0 Å². The van der Waals surface area contributed by atoms with Crippen molar-refractivity contribution in [3.63, 3.8) is 0 Å². The first-order valence-corrected chi connectivity index (χ1v) is 8.70. The van der Waals surface area contributed by atoms with Crippen molar-refractivity contribution < 1.29 is 23.8 Å². The van der Waals surface area contributed by atoms with E-state index in [4.69, 9.17) is 43.1 Å². The minimum Gasteiger partial charge on any atom is -0.493 e. The molecule has 0 bridgehead atoms. The normalized spacial score (nSPS) is 14.6. The second-order valence-corrected chi connectivity index (χ2v) is 6.48. The van der Waals surface area contributed by atoms with Crippen LogP contribution < -0.4 is 15.2 Å². The Morgan fingerprint density at radius 1 is 1.25 bits per heavy atom. The zero-order chi connectivity index (χ0) is 20.3. The SMILES string of the molecule is COc1cc(/C=C2/N=C(c3ccc(Cl)cc3)OC2=O)cc(Cl)c1OCC(N)=O. The number of benzene rings is 2. The van der Waals surface area contributed by atoms with Gasteiger partial charge in [-0.15, -0.1) is 0 Å². The molecule has 0 aromatic heterocycles. The number of esters is 1. The van der Waals surface area contributed by atoms with Crippen LogP contribution in [0.5, 0.6) is 11.5 Å². The van der Waals surface area contributed by atoms with Crippen LogP contribution in [-0.4, -0.2) is 31.5 Å². The summed E-state index contributed by atoms with van der Waals surface area (Å²) in [6, 6.07) is 9.86. The summed E-state index contributed by atoms with van der Waals surface area (Å²) in [5.74, 6) is -0.637. The average molecular weight is 421 g/mol. The lowest BCUT2D eigenvalue weighted by Crippen LogP contribution is -2.20. The first-order chi connectivity index (χ1) is 13.4. The molecule has 2 aromatic carbocycles. The Labute approximate surface area is 170 Å². The molecule has 1 heterocycles. The summed E-state index contributed by atoms with van der Waals surface area (Å²) in [7, 11) is 1.42. The summed E-state index contributed by atoms with van der Waals surface area (Å²) >= 11 is 12.1. The highest BCUT2D eigenvalue weighted by atomic mass is 35.5. The monoisotopic (exact) mass is 420 g/mol. The van der Waals surface area contributed by atoms with E-state index in [0.29, 0.717) is 16.1 Å². The number of halogens is 2. The summed E-state index contributed by atoms with van der Waals surface area (Å²) in [5, 5.41) is 0.741. The first kappa shape index (κ1) is 19.7. The second kappa shape index (κ2) is 8.33. The average Bonchev–Trinajstić information content (AvgIpc) is 3.01. The van der Waals surface area contributed by atoms with Crippen molar-refractivity contribution in [2.45, 2.75) is 0 Å². The number of carbonyl (C=O) groups is 2. The second-order valence-electron chi connectivity index (χ2n) is 5.63. The third kappa shape index (κ3) is 4.44. The lowest BCUT2D eigenvalue weighted by Gasteiger charge is -2.12. The van der Waals surface area contributed by atoms with Gasteiger partial charge in [0.25, 0.3) is 5.91 Å². The molecule has 0 unspecified atom stereocenters. The summed E-state index contributed by atoms with van der Waals surface area (Å²) in [5.41, 5.74) is 6.31. The Hall–Kier alpha value is -3.03. The maximum Gasteiger partial charge on any atom is 0.363 e. The highest BCUT2D eigenvalue weighted by molar-refractivity contribution is 6.32. The van der Waals surface area contributed by atoms with Crippen molar-refractivity contribution in [2.24, 2.45) is 10.7 Å². The van der Waals surface area contributed by atoms with E-state index >= 15 is 0 Å². The van der Waals surface area contributed by atoms with Gasteiger partial charge in [0.05, 0.1) is 12.1 Å². The topological polar surface area (TPSA) is 100 Å². The van der Waals surface area contributed by atoms with E-state index in [0.717, 1.165) is 0 Å². The molecular weight excluding hydrogens is 407 g/mol. The number of primary amides is 1. The van der Waals surface area contributed by atoms with Gasteiger partial charge < -0.3 is 19.9 Å². The lowest BCUT2D eigenvalue weighted by molar-refractivity contribution is -0.130. The zero-order valence-corrected chi connectivity index (χ0v) is 16.1. The number of amides is 1. The van der Waals surface area contributed by atoms with Gasteiger partial charge in [0, 0.05) is 10.6 Å². The van der Waals surface area contributed by atoms with Crippen LogP contribution >= 0.6 is 23.2 Å². The fourth-order valence-corrected chi connectivity index (χ4v) is 2.79. The van der Waals surface area contributed by atoms with E-state index in [1.807, 2.05) is 0 Å². The van der Waals surface area contributed by atoms with Crippen LogP contribution in [0.2, 0.25) is 10.0 Å². The predicted molar refractivity (Wildman–Crippen MR) is 105 cm³/mol. The number of nitrogens with zero attached hydrogens (tertiary/aromatic N) is 1. The standard InChI is InChI=1S/C19H14Cl2N2O5/c1-26-15-8-10(6-13(21)17(15)27-9-16(22)24)7-14-19(25)28-18(23-14)11-2-4-12(20)5-3-11/h2-8H,9H2,1H3,(H2,22,24)/b14-7+. The van der Waals surface area contributed by atoms with Crippen LogP contribution in [0.1, 0.15) is 11.1 Å². The van der Waals surface area contributed by atoms with E-state index < -0.39 is 11.9 Å². The predicted octanol–water partition coefficient (Wildman–Crippen LogP) is 3.21. The maximum atomic E-state index is 12.1. The van der Waals surface area contributed by atoms with Crippen LogP contribution in [-0.2, 0) is 14.3 Å². The summed E-state index contributed by atoms with van der Waals surface area (Å²) < 4.78 is 15.7. The molecule has 0 atom stereocenters. The number of carbonyl (C=O) groups excluding carboxylic acids is 2. The van der Waals surface area contributed by atoms with Crippen LogP contribution in [0.25, 0.3) is 6.08 Å². The van der Waals surface area contributed by atoms with Gasteiger partial charge in [0.15, 0.2) is 23.8 Å². The summed E-state index contributed by atoms with van der Waals surface area (Å²) in [4.78, 5) is 27.3. The quantitative estimate of drug-likeness (QED) is 0.570. The fourth-order valence-electron chi connectivity index (χ4n) is 2.39. The molecular formula is C19H14Cl2N2O5. The van der Waals surface area contributed by atoms with Crippen LogP contribution in [0.15, 0.2) is 47.1 Å². The molecule has 9 heteroatoms. The Morgan fingerprint density at radius 3 is 2.61 bits per heavy atom. The highest BCUT2D eigenvalue weighted by Gasteiger charge is 2.24.